The van der Waals surface area contributed by atoms with Gasteiger partial charge in [-0.1, -0.05) is 30.3 Å². The molecule has 0 bridgehead atoms. The summed E-state index contributed by atoms with van der Waals surface area (Å²) in [5.41, 5.74) is 2.33. The fourth-order valence-electron chi connectivity index (χ4n) is 3.31. The molecular weight excluding hydrogens is 368 g/mol. The number of hydrogen-bond donors (Lipinski definition) is 0. The van der Waals surface area contributed by atoms with E-state index in [1.807, 2.05) is 56.3 Å². The van der Waals surface area contributed by atoms with Gasteiger partial charge in [-0.25, -0.2) is 4.79 Å². The second-order valence-corrected chi connectivity index (χ2v) is 7.91. The molecule has 1 aliphatic rings. The van der Waals surface area contributed by atoms with E-state index < -0.39 is 5.60 Å². The van der Waals surface area contributed by atoms with E-state index in [0.717, 1.165) is 16.7 Å². The second kappa shape index (κ2) is 7.70. The Hall–Kier alpha value is -3.15. The number of hydrogen-bond acceptors (Lipinski definition) is 4. The monoisotopic (exact) mass is 394 g/mol. The van der Waals surface area contributed by atoms with Gasteiger partial charge in [-0.05, 0) is 63.4 Å². The molecule has 3 amide bonds. The summed E-state index contributed by atoms with van der Waals surface area (Å²) in [6.07, 6.45) is 0. The van der Waals surface area contributed by atoms with E-state index in [2.05, 4.69) is 0 Å². The molecule has 1 heterocycles. The van der Waals surface area contributed by atoms with E-state index in [-0.39, 0.29) is 30.8 Å². The largest absolute Gasteiger partial charge is 0.480 e. The summed E-state index contributed by atoms with van der Waals surface area (Å²) in [6, 6.07) is 12.6. The molecule has 1 aliphatic heterocycles. The Kier molecular flexibility index (Phi) is 5.46. The third-order valence-corrected chi connectivity index (χ3v) is 5.19. The standard InChI is InChI=1S/C23H26N2O4/c1-15-11-18(12-16(2)21(15)29-23(4,5)17(3)26)13-25-20(27)14-24(22(25)28)19-9-7-6-8-10-19/h6-12H,13-14H2,1-5H3. The Labute approximate surface area is 171 Å². The number of rotatable bonds is 6. The molecule has 2 aromatic carbocycles. The molecule has 152 valence electrons. The number of para-hydroxylation sites is 1. The Morgan fingerprint density at radius 1 is 1.07 bits per heavy atom. The third-order valence-electron chi connectivity index (χ3n) is 5.19. The van der Waals surface area contributed by atoms with Crippen LogP contribution in [-0.2, 0) is 16.1 Å². The van der Waals surface area contributed by atoms with Crippen LogP contribution in [0.25, 0.3) is 0 Å². The van der Waals surface area contributed by atoms with Gasteiger partial charge in [0.1, 0.15) is 12.3 Å². The molecule has 0 atom stereocenters. The fraction of sp³-hybridized carbons (Fsp3) is 0.348. The van der Waals surface area contributed by atoms with Crippen molar-refractivity contribution in [2.75, 3.05) is 11.4 Å². The van der Waals surface area contributed by atoms with Crippen molar-refractivity contribution in [2.45, 2.75) is 46.8 Å². The zero-order chi connectivity index (χ0) is 21.3. The highest BCUT2D eigenvalue weighted by Crippen LogP contribution is 2.30. The molecule has 29 heavy (non-hydrogen) atoms. The third kappa shape index (κ3) is 4.16. The molecule has 0 aromatic heterocycles. The summed E-state index contributed by atoms with van der Waals surface area (Å²) in [5.74, 6) is 0.362. The summed E-state index contributed by atoms with van der Waals surface area (Å²) in [7, 11) is 0. The number of amides is 3. The van der Waals surface area contributed by atoms with Crippen molar-refractivity contribution in [3.8, 4) is 5.75 Å². The molecule has 0 radical (unpaired) electrons. The van der Waals surface area contributed by atoms with Gasteiger partial charge in [0.25, 0.3) is 5.91 Å². The van der Waals surface area contributed by atoms with Crippen LogP contribution in [0.15, 0.2) is 42.5 Å². The molecular formula is C23H26N2O4. The highest BCUT2D eigenvalue weighted by Gasteiger charge is 2.37. The smallest absolute Gasteiger partial charge is 0.332 e. The molecule has 6 heteroatoms. The second-order valence-electron chi connectivity index (χ2n) is 7.91. The quantitative estimate of drug-likeness (QED) is 0.694. The van der Waals surface area contributed by atoms with E-state index in [4.69, 9.17) is 4.74 Å². The van der Waals surface area contributed by atoms with Gasteiger partial charge in [-0.3, -0.25) is 19.4 Å². The first-order chi connectivity index (χ1) is 13.6. The minimum absolute atomic E-state index is 0.0365. The van der Waals surface area contributed by atoms with Gasteiger partial charge in [0, 0.05) is 5.69 Å². The number of benzene rings is 2. The molecule has 0 aliphatic carbocycles. The van der Waals surface area contributed by atoms with Crippen molar-refractivity contribution in [3.63, 3.8) is 0 Å². The molecule has 6 nitrogen and oxygen atoms in total. The van der Waals surface area contributed by atoms with Gasteiger partial charge in [-0.2, -0.15) is 0 Å². The molecule has 0 spiro atoms. The van der Waals surface area contributed by atoms with Crippen molar-refractivity contribution >= 4 is 23.4 Å². The number of imide groups is 1. The summed E-state index contributed by atoms with van der Waals surface area (Å²) < 4.78 is 5.96. The van der Waals surface area contributed by atoms with Crippen LogP contribution in [0, 0.1) is 13.8 Å². The van der Waals surface area contributed by atoms with Crippen LogP contribution >= 0.6 is 0 Å². The van der Waals surface area contributed by atoms with Crippen LogP contribution in [0.3, 0.4) is 0 Å². The van der Waals surface area contributed by atoms with Crippen molar-refractivity contribution in [1.29, 1.82) is 0 Å². The van der Waals surface area contributed by atoms with E-state index in [9.17, 15) is 14.4 Å². The first-order valence-electron chi connectivity index (χ1n) is 9.57. The lowest BCUT2D eigenvalue weighted by atomic mass is 10.0. The average molecular weight is 394 g/mol. The molecule has 2 aromatic rings. The molecule has 0 N–H and O–H groups in total. The number of urea groups is 1. The van der Waals surface area contributed by atoms with Crippen LogP contribution < -0.4 is 9.64 Å². The number of ketones is 1. The maximum atomic E-state index is 12.8. The zero-order valence-corrected chi connectivity index (χ0v) is 17.5. The number of carbonyl (C=O) groups is 3. The van der Waals surface area contributed by atoms with Gasteiger partial charge in [0.05, 0.1) is 6.54 Å². The SMILES string of the molecule is CC(=O)C(C)(C)Oc1c(C)cc(CN2C(=O)CN(c3ccccc3)C2=O)cc1C. The highest BCUT2D eigenvalue weighted by atomic mass is 16.5. The van der Waals surface area contributed by atoms with E-state index in [0.29, 0.717) is 11.4 Å². The summed E-state index contributed by atoms with van der Waals surface area (Å²) in [5, 5.41) is 0. The minimum Gasteiger partial charge on any atom is -0.480 e. The minimum atomic E-state index is -0.923. The van der Waals surface area contributed by atoms with Crippen LogP contribution in [0.2, 0.25) is 0 Å². The maximum absolute atomic E-state index is 12.8. The van der Waals surface area contributed by atoms with Gasteiger partial charge < -0.3 is 4.74 Å². The number of anilines is 1. The topological polar surface area (TPSA) is 66.9 Å². The predicted molar refractivity (Wildman–Crippen MR) is 111 cm³/mol. The first kappa shape index (κ1) is 20.6. The van der Waals surface area contributed by atoms with E-state index in [1.165, 1.54) is 16.7 Å². The predicted octanol–water partition coefficient (Wildman–Crippen LogP) is 4.02. The van der Waals surface area contributed by atoms with Crippen LogP contribution in [-0.4, -0.2) is 34.8 Å². The van der Waals surface area contributed by atoms with Crippen LogP contribution in [0.1, 0.15) is 37.5 Å². The summed E-state index contributed by atoms with van der Waals surface area (Å²) in [4.78, 5) is 39.8. The number of nitrogens with zero attached hydrogens (tertiary/aromatic N) is 2. The number of ether oxygens (including phenoxy) is 1. The van der Waals surface area contributed by atoms with E-state index in [1.54, 1.807) is 13.8 Å². The normalized spacial score (nSPS) is 14.5. The van der Waals surface area contributed by atoms with Gasteiger partial charge in [-0.15, -0.1) is 0 Å². The van der Waals surface area contributed by atoms with Crippen LogP contribution in [0.4, 0.5) is 10.5 Å². The fourth-order valence-corrected chi connectivity index (χ4v) is 3.31. The molecule has 1 saturated heterocycles. The number of Topliss-reactive ketones (excluding diaryl/α,β-unsaturated/α-hetero) is 1. The lowest BCUT2D eigenvalue weighted by molar-refractivity contribution is -0.129. The number of aryl methyl sites for hydroxylation is 2. The molecule has 3 rings (SSSR count). The summed E-state index contributed by atoms with van der Waals surface area (Å²) in [6.45, 7) is 9.00. The Balaban J connectivity index is 1.81. The van der Waals surface area contributed by atoms with Gasteiger partial charge in [0.2, 0.25) is 0 Å². The maximum Gasteiger partial charge on any atom is 0.332 e. The van der Waals surface area contributed by atoms with Crippen molar-refractivity contribution in [3.05, 3.63) is 59.2 Å². The highest BCUT2D eigenvalue weighted by molar-refractivity contribution is 6.12. The lowest BCUT2D eigenvalue weighted by Gasteiger charge is -2.26. The summed E-state index contributed by atoms with van der Waals surface area (Å²) >= 11 is 0. The van der Waals surface area contributed by atoms with Crippen molar-refractivity contribution in [1.82, 2.24) is 4.90 Å². The van der Waals surface area contributed by atoms with Crippen molar-refractivity contribution in [2.24, 2.45) is 0 Å². The van der Waals surface area contributed by atoms with E-state index >= 15 is 0 Å². The van der Waals surface area contributed by atoms with Crippen molar-refractivity contribution < 1.29 is 19.1 Å². The molecule has 0 saturated carbocycles. The Morgan fingerprint density at radius 2 is 1.66 bits per heavy atom. The first-order valence-corrected chi connectivity index (χ1v) is 9.57. The molecule has 1 fully saturated rings. The number of carbonyl (C=O) groups excluding carboxylic acids is 3. The average Bonchev–Trinajstić information content (AvgIpc) is 2.93. The Bertz CT molecular complexity index is 943. The van der Waals surface area contributed by atoms with Gasteiger partial charge in [0.15, 0.2) is 11.4 Å². The zero-order valence-electron chi connectivity index (χ0n) is 17.5. The Morgan fingerprint density at radius 3 is 2.21 bits per heavy atom. The lowest BCUT2D eigenvalue weighted by Crippen LogP contribution is -2.36. The van der Waals surface area contributed by atoms with Crippen LogP contribution in [0.5, 0.6) is 5.75 Å². The molecule has 0 unspecified atom stereocenters. The van der Waals surface area contributed by atoms with Gasteiger partial charge >= 0.3 is 6.03 Å².